The van der Waals surface area contributed by atoms with Gasteiger partial charge in [-0.2, -0.15) is 13.2 Å². The van der Waals surface area contributed by atoms with E-state index in [4.69, 9.17) is 9.47 Å². The van der Waals surface area contributed by atoms with Crippen molar-refractivity contribution in [3.8, 4) is 11.5 Å². The number of hydrogen-bond donors (Lipinski definition) is 0. The molecule has 2 amide bonds. The number of alkyl halides is 3. The number of piperazine rings is 1. The third-order valence-electron chi connectivity index (χ3n) is 3.73. The van der Waals surface area contributed by atoms with Gasteiger partial charge in [0.1, 0.15) is 0 Å². The molecule has 1 saturated heterocycles. The smallest absolute Gasteiger partial charge is 0.471 e. The summed E-state index contributed by atoms with van der Waals surface area (Å²) in [5.74, 6) is -1.36. The van der Waals surface area contributed by atoms with Crippen LogP contribution >= 0.6 is 0 Å². The lowest BCUT2D eigenvalue weighted by atomic mass is 10.1. The number of halogens is 3. The number of nitrogens with zero attached hydrogens (tertiary/aromatic N) is 2. The van der Waals surface area contributed by atoms with Gasteiger partial charge in [-0.1, -0.05) is 0 Å². The monoisotopic (exact) mass is 346 g/mol. The number of methoxy groups -OCH3 is 2. The molecule has 1 fully saturated rings. The molecule has 0 saturated carbocycles. The molecule has 2 rings (SSSR count). The molecule has 1 aromatic rings. The summed E-state index contributed by atoms with van der Waals surface area (Å²) < 4.78 is 47.4. The number of carbonyl (C=O) groups excluding carboxylic acids is 2. The molecule has 6 nitrogen and oxygen atoms in total. The minimum absolute atomic E-state index is 0.0367. The summed E-state index contributed by atoms with van der Waals surface area (Å²) in [6.45, 7) is -0.237. The lowest BCUT2D eigenvalue weighted by Crippen LogP contribution is -2.53. The van der Waals surface area contributed by atoms with Crippen molar-refractivity contribution < 1.29 is 32.2 Å². The van der Waals surface area contributed by atoms with Crippen LogP contribution < -0.4 is 9.47 Å². The third kappa shape index (κ3) is 3.72. The van der Waals surface area contributed by atoms with Crippen LogP contribution in [0.3, 0.4) is 0 Å². The standard InChI is InChI=1S/C15H17F3N2O4/c1-23-11-4-3-10(9-12(11)24-2)13(21)19-5-7-20(8-6-19)14(22)15(16,17)18/h3-4,9H,5-8H2,1-2H3. The zero-order chi connectivity index (χ0) is 17.9. The highest BCUT2D eigenvalue weighted by Crippen LogP contribution is 2.28. The highest BCUT2D eigenvalue weighted by Gasteiger charge is 2.43. The molecule has 0 aromatic heterocycles. The Bertz CT molecular complexity index is 626. The van der Waals surface area contributed by atoms with Gasteiger partial charge in [-0.15, -0.1) is 0 Å². The average Bonchev–Trinajstić information content (AvgIpc) is 2.59. The molecule has 0 radical (unpaired) electrons. The number of ether oxygens (including phenoxy) is 2. The van der Waals surface area contributed by atoms with E-state index < -0.39 is 12.1 Å². The maximum atomic E-state index is 12.4. The summed E-state index contributed by atoms with van der Waals surface area (Å²) in [5, 5.41) is 0. The number of rotatable bonds is 3. The van der Waals surface area contributed by atoms with Gasteiger partial charge in [0.05, 0.1) is 14.2 Å². The lowest BCUT2D eigenvalue weighted by Gasteiger charge is -2.35. The first-order chi connectivity index (χ1) is 11.3. The molecular weight excluding hydrogens is 329 g/mol. The van der Waals surface area contributed by atoms with Crippen molar-refractivity contribution in [1.29, 1.82) is 0 Å². The Morgan fingerprint density at radius 2 is 1.50 bits per heavy atom. The van der Waals surface area contributed by atoms with Gasteiger partial charge < -0.3 is 19.3 Å². The van der Waals surface area contributed by atoms with Crippen molar-refractivity contribution in [2.45, 2.75) is 6.18 Å². The van der Waals surface area contributed by atoms with Crippen molar-refractivity contribution in [1.82, 2.24) is 9.80 Å². The maximum Gasteiger partial charge on any atom is 0.471 e. The van der Waals surface area contributed by atoms with Crippen LogP contribution in [0.4, 0.5) is 13.2 Å². The fourth-order valence-corrected chi connectivity index (χ4v) is 2.44. The molecular formula is C15H17F3N2O4. The quantitative estimate of drug-likeness (QED) is 0.833. The molecule has 0 unspecified atom stereocenters. The number of benzene rings is 1. The van der Waals surface area contributed by atoms with E-state index in [1.807, 2.05) is 0 Å². The van der Waals surface area contributed by atoms with E-state index in [0.29, 0.717) is 22.0 Å². The number of amides is 2. The Morgan fingerprint density at radius 3 is 2.00 bits per heavy atom. The van der Waals surface area contributed by atoms with Crippen LogP contribution in [-0.4, -0.2) is 68.2 Å². The van der Waals surface area contributed by atoms with Gasteiger partial charge >= 0.3 is 12.1 Å². The van der Waals surface area contributed by atoms with Crippen LogP contribution in [0.1, 0.15) is 10.4 Å². The Morgan fingerprint density at radius 1 is 0.958 bits per heavy atom. The summed E-state index contributed by atoms with van der Waals surface area (Å²) in [4.78, 5) is 25.7. The van der Waals surface area contributed by atoms with Gasteiger partial charge in [-0.05, 0) is 18.2 Å². The lowest BCUT2D eigenvalue weighted by molar-refractivity contribution is -0.186. The fourth-order valence-electron chi connectivity index (χ4n) is 2.44. The zero-order valence-corrected chi connectivity index (χ0v) is 13.2. The molecule has 9 heteroatoms. The Balaban J connectivity index is 2.04. The van der Waals surface area contributed by atoms with Gasteiger partial charge in [0.15, 0.2) is 11.5 Å². The Kier molecular flexibility index (Phi) is 5.20. The molecule has 0 atom stereocenters. The van der Waals surface area contributed by atoms with Gasteiger partial charge in [-0.25, -0.2) is 0 Å². The summed E-state index contributed by atoms with van der Waals surface area (Å²) >= 11 is 0. The van der Waals surface area contributed by atoms with E-state index in [9.17, 15) is 22.8 Å². The Hall–Kier alpha value is -2.45. The van der Waals surface area contributed by atoms with Gasteiger partial charge in [0, 0.05) is 31.7 Å². The van der Waals surface area contributed by atoms with Gasteiger partial charge in [-0.3, -0.25) is 9.59 Å². The van der Waals surface area contributed by atoms with Crippen LogP contribution in [0.15, 0.2) is 18.2 Å². The molecule has 24 heavy (non-hydrogen) atoms. The zero-order valence-electron chi connectivity index (χ0n) is 13.2. The molecule has 1 heterocycles. The molecule has 0 N–H and O–H groups in total. The van der Waals surface area contributed by atoms with Crippen molar-refractivity contribution in [2.75, 3.05) is 40.4 Å². The Labute approximate surface area is 136 Å². The van der Waals surface area contributed by atoms with Crippen molar-refractivity contribution in [3.63, 3.8) is 0 Å². The summed E-state index contributed by atoms with van der Waals surface area (Å²) in [6, 6.07) is 4.64. The predicted molar refractivity (Wildman–Crippen MR) is 78.1 cm³/mol. The second-order valence-electron chi connectivity index (χ2n) is 5.15. The van der Waals surface area contributed by atoms with E-state index >= 15 is 0 Å². The van der Waals surface area contributed by atoms with Crippen LogP contribution in [0.5, 0.6) is 11.5 Å². The minimum atomic E-state index is -4.89. The minimum Gasteiger partial charge on any atom is -0.493 e. The van der Waals surface area contributed by atoms with E-state index in [1.54, 1.807) is 12.1 Å². The summed E-state index contributed by atoms with van der Waals surface area (Å²) in [7, 11) is 2.91. The third-order valence-corrected chi connectivity index (χ3v) is 3.73. The highest BCUT2D eigenvalue weighted by molar-refractivity contribution is 5.95. The van der Waals surface area contributed by atoms with E-state index in [1.165, 1.54) is 25.2 Å². The molecule has 0 aliphatic carbocycles. The molecule has 1 aliphatic rings. The second kappa shape index (κ2) is 6.98. The molecule has 1 aromatic carbocycles. The fraction of sp³-hybridized carbons (Fsp3) is 0.467. The molecule has 1 aliphatic heterocycles. The SMILES string of the molecule is COc1ccc(C(=O)N2CCN(C(=O)C(F)(F)F)CC2)cc1OC. The number of hydrogen-bond acceptors (Lipinski definition) is 4. The van der Waals surface area contributed by atoms with Crippen LogP contribution in [0.2, 0.25) is 0 Å². The van der Waals surface area contributed by atoms with E-state index in [-0.39, 0.29) is 32.1 Å². The van der Waals surface area contributed by atoms with Gasteiger partial charge in [0.2, 0.25) is 0 Å². The van der Waals surface area contributed by atoms with Crippen molar-refractivity contribution in [3.05, 3.63) is 23.8 Å². The first-order valence-corrected chi connectivity index (χ1v) is 7.15. The van der Waals surface area contributed by atoms with Gasteiger partial charge in [0.25, 0.3) is 5.91 Å². The van der Waals surface area contributed by atoms with Crippen LogP contribution in [0, 0.1) is 0 Å². The second-order valence-corrected chi connectivity index (χ2v) is 5.15. The van der Waals surface area contributed by atoms with Crippen LogP contribution in [0.25, 0.3) is 0 Å². The van der Waals surface area contributed by atoms with E-state index in [2.05, 4.69) is 0 Å². The topological polar surface area (TPSA) is 59.1 Å². The summed E-state index contributed by atoms with van der Waals surface area (Å²) in [5.41, 5.74) is 0.336. The predicted octanol–water partition coefficient (Wildman–Crippen LogP) is 1.55. The van der Waals surface area contributed by atoms with Crippen LogP contribution in [-0.2, 0) is 4.79 Å². The van der Waals surface area contributed by atoms with E-state index in [0.717, 1.165) is 0 Å². The number of carbonyl (C=O) groups is 2. The normalized spacial score (nSPS) is 15.2. The maximum absolute atomic E-state index is 12.4. The molecule has 0 spiro atoms. The molecule has 0 bridgehead atoms. The largest absolute Gasteiger partial charge is 0.493 e. The first kappa shape index (κ1) is 17.9. The average molecular weight is 346 g/mol. The highest BCUT2D eigenvalue weighted by atomic mass is 19.4. The summed E-state index contributed by atoms with van der Waals surface area (Å²) in [6.07, 6.45) is -4.89. The molecule has 132 valence electrons. The first-order valence-electron chi connectivity index (χ1n) is 7.15. The van der Waals surface area contributed by atoms with Crippen molar-refractivity contribution in [2.24, 2.45) is 0 Å². The van der Waals surface area contributed by atoms with Crippen molar-refractivity contribution >= 4 is 11.8 Å².